The Bertz CT molecular complexity index is 2620. The first-order valence-electron chi connectivity index (χ1n) is 17.4. The maximum atomic E-state index is 15.4. The summed E-state index contributed by atoms with van der Waals surface area (Å²) in [6.45, 7) is 0.365. The standard InChI is InChI=1S/C36H26F8N10O2S/c37-17-5-15(6-18(38)9-17)7-24(47-27(55)13-54-31-28(30(51-54)36(42,43)44)20-10-22(20)35(31,40)41)29-19(16-1-2-23(39)21(8-16)32(45)56)11-25-33(48-29)49-34(57-25)52-3-4-53-14-46-50-26(53)12-52/h1-2,5-6,8-9,11,14,20,22,24H,3-4,7,10,12-13H2,(H2,45,56)(H,47,55)/t20-,22+,24-/m0/s1. The van der Waals surface area contributed by atoms with Gasteiger partial charge in [-0.1, -0.05) is 17.4 Å². The van der Waals surface area contributed by atoms with E-state index in [2.05, 4.69) is 20.6 Å². The highest BCUT2D eigenvalue weighted by atomic mass is 32.1. The molecule has 1 fully saturated rings. The highest BCUT2D eigenvalue weighted by Crippen LogP contribution is 2.68. The number of fused-ring (bicyclic) bond motifs is 5. The number of nitrogens with one attached hydrogen (secondary N) is 1. The summed E-state index contributed by atoms with van der Waals surface area (Å²) in [6.07, 6.45) is -4.01. The molecule has 21 heteroatoms. The number of amides is 2. The van der Waals surface area contributed by atoms with Gasteiger partial charge in [0.2, 0.25) is 5.91 Å². The maximum absolute atomic E-state index is 15.4. The number of nitrogens with zero attached hydrogens (tertiary/aromatic N) is 8. The van der Waals surface area contributed by atoms with E-state index in [0.29, 0.717) is 46.0 Å². The number of primary amides is 1. The first kappa shape index (κ1) is 36.6. The summed E-state index contributed by atoms with van der Waals surface area (Å²) < 4.78 is 119. The fraction of sp³-hybridized carbons (Fsp3) is 0.306. The van der Waals surface area contributed by atoms with Gasteiger partial charge in [-0.15, -0.1) is 10.2 Å². The van der Waals surface area contributed by atoms with Gasteiger partial charge >= 0.3 is 6.18 Å². The molecule has 1 aliphatic heterocycles. The molecule has 0 radical (unpaired) electrons. The average molecular weight is 815 g/mol. The summed E-state index contributed by atoms with van der Waals surface area (Å²) in [5.74, 6) is -10.4. The van der Waals surface area contributed by atoms with Crippen molar-refractivity contribution in [1.29, 1.82) is 0 Å². The van der Waals surface area contributed by atoms with Gasteiger partial charge in [0, 0.05) is 36.2 Å². The van der Waals surface area contributed by atoms with Gasteiger partial charge in [0.25, 0.3) is 11.8 Å². The average Bonchev–Trinajstić information content (AvgIpc) is 3.39. The lowest BCUT2D eigenvalue weighted by atomic mass is 9.94. The Labute approximate surface area is 319 Å². The Hall–Kier alpha value is -5.99. The third-order valence-electron chi connectivity index (χ3n) is 10.4. The lowest BCUT2D eigenvalue weighted by molar-refractivity contribution is -0.142. The van der Waals surface area contributed by atoms with Gasteiger partial charge in [-0.2, -0.15) is 32.0 Å². The number of benzene rings is 2. The van der Waals surface area contributed by atoms with Crippen molar-refractivity contribution in [1.82, 2.24) is 39.8 Å². The van der Waals surface area contributed by atoms with E-state index in [0.717, 1.165) is 24.3 Å². The van der Waals surface area contributed by atoms with Gasteiger partial charge < -0.3 is 20.5 Å². The number of hydrogen-bond donors (Lipinski definition) is 2. The molecule has 9 rings (SSSR count). The van der Waals surface area contributed by atoms with Crippen LogP contribution < -0.4 is 16.0 Å². The van der Waals surface area contributed by atoms with Crippen molar-refractivity contribution in [3.8, 4) is 11.1 Å². The van der Waals surface area contributed by atoms with Crippen LogP contribution in [0.4, 0.5) is 40.3 Å². The maximum Gasteiger partial charge on any atom is 0.435 e. The van der Waals surface area contributed by atoms with Crippen LogP contribution in [0.1, 0.15) is 62.8 Å². The van der Waals surface area contributed by atoms with Crippen LogP contribution in [0, 0.1) is 23.4 Å². The topological polar surface area (TPSA) is 150 Å². The Morgan fingerprint density at radius 2 is 1.81 bits per heavy atom. The van der Waals surface area contributed by atoms with E-state index in [1.54, 1.807) is 12.4 Å². The van der Waals surface area contributed by atoms with Crippen molar-refractivity contribution in [3.63, 3.8) is 0 Å². The zero-order valence-corrected chi connectivity index (χ0v) is 29.8. The van der Waals surface area contributed by atoms with Crippen molar-refractivity contribution in [2.24, 2.45) is 11.7 Å². The molecule has 2 amide bonds. The van der Waals surface area contributed by atoms with Crippen molar-refractivity contribution >= 4 is 38.6 Å². The largest absolute Gasteiger partial charge is 0.435 e. The second-order valence-corrected chi connectivity index (χ2v) is 15.1. The van der Waals surface area contributed by atoms with Crippen molar-refractivity contribution in [2.75, 3.05) is 11.4 Å². The number of rotatable bonds is 9. The fourth-order valence-corrected chi connectivity index (χ4v) is 8.73. The summed E-state index contributed by atoms with van der Waals surface area (Å²) in [7, 11) is 0. The first-order chi connectivity index (χ1) is 27.0. The van der Waals surface area contributed by atoms with Gasteiger partial charge in [0.15, 0.2) is 22.3 Å². The number of hydrogen-bond acceptors (Lipinski definition) is 9. The quantitative estimate of drug-likeness (QED) is 0.169. The molecule has 3 aliphatic rings. The fourth-order valence-electron chi connectivity index (χ4n) is 7.76. The van der Waals surface area contributed by atoms with E-state index >= 15 is 8.78 Å². The number of carbonyl (C=O) groups excluding carboxylic acids is 2. The lowest BCUT2D eigenvalue weighted by Crippen LogP contribution is -2.35. The van der Waals surface area contributed by atoms with Crippen LogP contribution in [0.25, 0.3) is 21.5 Å². The van der Waals surface area contributed by atoms with Gasteiger partial charge in [0.1, 0.15) is 36.0 Å². The number of aromatic nitrogens is 7. The van der Waals surface area contributed by atoms with Crippen LogP contribution >= 0.6 is 11.3 Å². The van der Waals surface area contributed by atoms with Crippen molar-refractivity contribution in [3.05, 3.63) is 106 Å². The highest BCUT2D eigenvalue weighted by Gasteiger charge is 2.68. The third-order valence-corrected chi connectivity index (χ3v) is 11.4. The molecule has 3 atom stereocenters. The second kappa shape index (κ2) is 13.0. The second-order valence-electron chi connectivity index (χ2n) is 14.1. The zero-order valence-electron chi connectivity index (χ0n) is 29.0. The number of thiazole rings is 1. The van der Waals surface area contributed by atoms with E-state index in [1.807, 2.05) is 9.47 Å². The summed E-state index contributed by atoms with van der Waals surface area (Å²) in [5.41, 5.74) is 2.34. The molecule has 6 aromatic rings. The molecule has 5 heterocycles. The van der Waals surface area contributed by atoms with E-state index < -0.39 is 88.3 Å². The molecule has 12 nitrogen and oxygen atoms in total. The Morgan fingerprint density at radius 1 is 1.04 bits per heavy atom. The minimum atomic E-state index is -5.07. The number of alkyl halides is 5. The molecule has 0 bridgehead atoms. The van der Waals surface area contributed by atoms with Gasteiger partial charge in [0.05, 0.1) is 28.5 Å². The Kier molecular flexibility index (Phi) is 8.38. The van der Waals surface area contributed by atoms with Crippen LogP contribution in [0.5, 0.6) is 0 Å². The van der Waals surface area contributed by atoms with E-state index in [9.17, 15) is 35.9 Å². The number of carbonyl (C=O) groups is 2. The summed E-state index contributed by atoms with van der Waals surface area (Å²) in [4.78, 5) is 37.5. The van der Waals surface area contributed by atoms with Crippen LogP contribution in [-0.2, 0) is 42.9 Å². The van der Waals surface area contributed by atoms with Gasteiger partial charge in [-0.25, -0.2) is 18.2 Å². The Balaban J connectivity index is 1.15. The molecule has 2 aromatic carbocycles. The minimum Gasteiger partial charge on any atom is -0.366 e. The van der Waals surface area contributed by atoms with Gasteiger partial charge in [-0.3, -0.25) is 14.3 Å². The number of pyridine rings is 1. The summed E-state index contributed by atoms with van der Waals surface area (Å²) in [5, 5.41) is 14.6. The number of halogens is 8. The minimum absolute atomic E-state index is 0.00457. The third kappa shape index (κ3) is 6.42. The normalized spacial score (nSPS) is 18.6. The summed E-state index contributed by atoms with van der Waals surface area (Å²) >= 11 is 1.23. The van der Waals surface area contributed by atoms with Crippen molar-refractivity contribution < 1.29 is 44.7 Å². The van der Waals surface area contributed by atoms with Crippen LogP contribution in [0.2, 0.25) is 0 Å². The molecule has 4 aromatic heterocycles. The lowest BCUT2D eigenvalue weighted by Gasteiger charge is -2.26. The molecule has 0 spiro atoms. The van der Waals surface area contributed by atoms with Gasteiger partial charge in [-0.05, 0) is 60.2 Å². The summed E-state index contributed by atoms with van der Waals surface area (Å²) in [6, 6.07) is 6.29. The van der Waals surface area contributed by atoms with E-state index in [1.165, 1.54) is 17.4 Å². The molecule has 0 unspecified atom stereocenters. The van der Waals surface area contributed by atoms with E-state index in [-0.39, 0.29) is 40.9 Å². The molecule has 2 aliphatic carbocycles. The molecular weight excluding hydrogens is 789 g/mol. The molecular formula is C36H26F8N10O2S. The molecule has 0 saturated heterocycles. The van der Waals surface area contributed by atoms with Crippen LogP contribution in [0.3, 0.4) is 0 Å². The molecule has 57 heavy (non-hydrogen) atoms. The number of nitrogens with two attached hydrogens (primary N) is 1. The highest BCUT2D eigenvalue weighted by molar-refractivity contribution is 7.22. The zero-order chi connectivity index (χ0) is 40.1. The number of anilines is 1. The predicted octanol–water partition coefficient (Wildman–Crippen LogP) is 6.01. The van der Waals surface area contributed by atoms with Crippen LogP contribution in [-0.4, -0.2) is 52.9 Å². The molecule has 1 saturated carbocycles. The first-order valence-corrected chi connectivity index (χ1v) is 18.2. The van der Waals surface area contributed by atoms with Crippen LogP contribution in [0.15, 0.2) is 48.8 Å². The smallest absolute Gasteiger partial charge is 0.366 e. The predicted molar refractivity (Wildman–Crippen MR) is 185 cm³/mol. The molecule has 294 valence electrons. The van der Waals surface area contributed by atoms with Crippen molar-refractivity contribution in [2.45, 2.75) is 56.5 Å². The molecule has 3 N–H and O–H groups in total. The monoisotopic (exact) mass is 814 g/mol. The SMILES string of the molecule is NC(=O)c1cc(-c2cc3sc(N4CCn5cnnc5C4)nc3nc2[C@H](Cc2cc(F)cc(F)c2)NC(=O)Cn2nc(C(F)(F)F)c3c2C(F)(F)[C@@H]2C[C@H]32)ccc1F. The van der Waals surface area contributed by atoms with E-state index in [4.69, 9.17) is 15.7 Å². The Morgan fingerprint density at radius 3 is 2.54 bits per heavy atom.